The predicted octanol–water partition coefficient (Wildman–Crippen LogP) is 4.47. The van der Waals surface area contributed by atoms with Crippen LogP contribution in [0.2, 0.25) is 5.02 Å². The molecule has 0 saturated carbocycles. The largest absolute Gasteiger partial charge is 0.363 e. The maximum Gasteiger partial charge on any atom is 0.165 e. The third-order valence-electron chi connectivity index (χ3n) is 4.92. The van der Waals surface area contributed by atoms with Gasteiger partial charge in [-0.15, -0.1) is 0 Å². The Morgan fingerprint density at radius 2 is 2.05 bits per heavy atom. The van der Waals surface area contributed by atoms with Crippen LogP contribution in [0.5, 0.6) is 0 Å². The molecule has 1 N–H and O–H groups in total. The van der Waals surface area contributed by atoms with Crippen LogP contribution in [0.4, 0.5) is 10.1 Å². The van der Waals surface area contributed by atoms with Crippen LogP contribution in [0.3, 0.4) is 0 Å². The first kappa shape index (κ1) is 16.6. The molecule has 0 amide bonds. The lowest BCUT2D eigenvalue weighted by molar-refractivity contribution is 0.226. The molecular weight excluding hydrogens is 287 g/mol. The lowest BCUT2D eigenvalue weighted by Gasteiger charge is -2.50. The van der Waals surface area contributed by atoms with E-state index in [0.29, 0.717) is 11.6 Å². The minimum Gasteiger partial charge on any atom is -0.363 e. The fourth-order valence-corrected chi connectivity index (χ4v) is 3.40. The Morgan fingerprint density at radius 1 is 1.38 bits per heavy atom. The summed E-state index contributed by atoms with van der Waals surface area (Å²) in [6.45, 7) is 10.5. The molecular formula is C17H26ClFN2. The summed E-state index contributed by atoms with van der Waals surface area (Å²) in [5, 5.41) is 3.90. The lowest BCUT2D eigenvalue weighted by Crippen LogP contribution is -2.65. The molecule has 2 rings (SSSR count). The maximum absolute atomic E-state index is 14.5. The Morgan fingerprint density at radius 3 is 2.62 bits per heavy atom. The molecule has 1 heterocycles. The molecule has 21 heavy (non-hydrogen) atoms. The summed E-state index contributed by atoms with van der Waals surface area (Å²) < 4.78 is 14.5. The van der Waals surface area contributed by atoms with Crippen molar-refractivity contribution in [1.82, 2.24) is 5.32 Å². The van der Waals surface area contributed by atoms with Crippen LogP contribution < -0.4 is 10.2 Å². The van der Waals surface area contributed by atoms with Crippen LogP contribution in [-0.2, 0) is 0 Å². The molecule has 0 radical (unpaired) electrons. The molecule has 1 aliphatic rings. The molecule has 2 nitrogen and oxygen atoms in total. The number of benzene rings is 1. The maximum atomic E-state index is 14.5. The van der Waals surface area contributed by atoms with Gasteiger partial charge in [-0.2, -0.15) is 0 Å². The van der Waals surface area contributed by atoms with Crippen LogP contribution in [-0.4, -0.2) is 24.7 Å². The molecule has 1 fully saturated rings. The van der Waals surface area contributed by atoms with Crippen molar-refractivity contribution >= 4 is 17.3 Å². The summed E-state index contributed by atoms with van der Waals surface area (Å²) in [4.78, 5) is 2.22. The molecule has 1 unspecified atom stereocenters. The third kappa shape index (κ3) is 3.19. The number of hydrogen-bond acceptors (Lipinski definition) is 2. The highest BCUT2D eigenvalue weighted by atomic mass is 35.5. The van der Waals surface area contributed by atoms with Crippen molar-refractivity contribution in [2.75, 3.05) is 18.0 Å². The van der Waals surface area contributed by atoms with Gasteiger partial charge in [-0.25, -0.2) is 4.39 Å². The number of nitrogens with one attached hydrogen (secondary N) is 1. The molecule has 1 aromatic carbocycles. The topological polar surface area (TPSA) is 15.3 Å². The molecule has 118 valence electrons. The first-order valence-electron chi connectivity index (χ1n) is 7.89. The summed E-state index contributed by atoms with van der Waals surface area (Å²) in [5.74, 6) is 0.149. The second-order valence-electron chi connectivity index (χ2n) is 6.38. The van der Waals surface area contributed by atoms with Crippen LogP contribution in [0.15, 0.2) is 18.2 Å². The molecule has 1 saturated heterocycles. The molecule has 1 aromatic rings. The van der Waals surface area contributed by atoms with Crippen molar-refractivity contribution in [3.63, 3.8) is 0 Å². The van der Waals surface area contributed by atoms with Gasteiger partial charge in [-0.3, -0.25) is 0 Å². The van der Waals surface area contributed by atoms with E-state index >= 15 is 0 Å². The highest BCUT2D eigenvalue weighted by molar-refractivity contribution is 6.31. The Labute approximate surface area is 132 Å². The number of hydrogen-bond donors (Lipinski definition) is 1. The Balaban J connectivity index is 2.41. The minimum absolute atomic E-state index is 0.0557. The summed E-state index contributed by atoms with van der Waals surface area (Å²) in [7, 11) is 0. The third-order valence-corrected chi connectivity index (χ3v) is 5.22. The second kappa shape index (κ2) is 6.53. The molecule has 0 aromatic heterocycles. The van der Waals surface area contributed by atoms with E-state index in [1.165, 1.54) is 0 Å². The fraction of sp³-hybridized carbons (Fsp3) is 0.647. The number of rotatable bonds is 4. The zero-order valence-corrected chi connectivity index (χ0v) is 14.2. The standard InChI is InChI=1S/C17H26ClFN2/c1-5-17(6-2)11-21(15(10-20-17)12(3)4)14-9-7-8-13(18)16(14)19/h7-9,12,15,20H,5-6,10-11H2,1-4H3. The highest BCUT2D eigenvalue weighted by Crippen LogP contribution is 2.33. The van der Waals surface area contributed by atoms with Gasteiger partial charge in [0.2, 0.25) is 0 Å². The van der Waals surface area contributed by atoms with Crippen molar-refractivity contribution in [2.24, 2.45) is 5.92 Å². The van der Waals surface area contributed by atoms with Gasteiger partial charge in [0, 0.05) is 24.7 Å². The summed E-state index contributed by atoms with van der Waals surface area (Å²) in [5.41, 5.74) is 0.689. The molecule has 0 aliphatic carbocycles. The van der Waals surface area contributed by atoms with Gasteiger partial charge in [0.1, 0.15) is 0 Å². The first-order valence-corrected chi connectivity index (χ1v) is 8.27. The van der Waals surface area contributed by atoms with E-state index in [1.807, 2.05) is 12.1 Å². The highest BCUT2D eigenvalue weighted by Gasteiger charge is 2.38. The average Bonchev–Trinajstić information content (AvgIpc) is 2.49. The monoisotopic (exact) mass is 312 g/mol. The van der Waals surface area contributed by atoms with Gasteiger partial charge in [-0.1, -0.05) is 45.4 Å². The molecule has 0 bridgehead atoms. The van der Waals surface area contributed by atoms with Crippen molar-refractivity contribution in [2.45, 2.75) is 52.1 Å². The number of nitrogens with zero attached hydrogens (tertiary/aromatic N) is 1. The van der Waals surface area contributed by atoms with Crippen LogP contribution in [0.1, 0.15) is 40.5 Å². The fourth-order valence-electron chi connectivity index (χ4n) is 3.23. The minimum atomic E-state index is -0.298. The van der Waals surface area contributed by atoms with E-state index in [4.69, 9.17) is 11.6 Å². The quantitative estimate of drug-likeness (QED) is 0.882. The van der Waals surface area contributed by atoms with Gasteiger partial charge < -0.3 is 10.2 Å². The van der Waals surface area contributed by atoms with Gasteiger partial charge >= 0.3 is 0 Å². The normalized spacial score (nSPS) is 21.9. The molecule has 0 spiro atoms. The van der Waals surface area contributed by atoms with E-state index in [9.17, 15) is 4.39 Å². The van der Waals surface area contributed by atoms with E-state index in [0.717, 1.165) is 25.9 Å². The van der Waals surface area contributed by atoms with E-state index in [2.05, 4.69) is 37.9 Å². The average molecular weight is 313 g/mol. The predicted molar refractivity (Wildman–Crippen MR) is 88.7 cm³/mol. The van der Waals surface area contributed by atoms with Crippen LogP contribution in [0.25, 0.3) is 0 Å². The van der Waals surface area contributed by atoms with E-state index < -0.39 is 0 Å². The zero-order valence-electron chi connectivity index (χ0n) is 13.4. The Bertz CT molecular complexity index is 486. The lowest BCUT2D eigenvalue weighted by atomic mass is 9.86. The van der Waals surface area contributed by atoms with Crippen LogP contribution >= 0.6 is 11.6 Å². The van der Waals surface area contributed by atoms with Gasteiger partial charge in [0.05, 0.1) is 10.7 Å². The summed E-state index contributed by atoms with van der Waals surface area (Å²) in [6, 6.07) is 5.57. The van der Waals surface area contributed by atoms with E-state index in [-0.39, 0.29) is 22.4 Å². The van der Waals surface area contributed by atoms with Gasteiger partial charge in [0.25, 0.3) is 0 Å². The van der Waals surface area contributed by atoms with E-state index in [1.54, 1.807) is 6.07 Å². The van der Waals surface area contributed by atoms with Crippen LogP contribution in [0, 0.1) is 11.7 Å². The Kier molecular flexibility index (Phi) is 5.15. The first-order chi connectivity index (χ1) is 9.94. The smallest absolute Gasteiger partial charge is 0.165 e. The van der Waals surface area contributed by atoms with Crippen molar-refractivity contribution < 1.29 is 4.39 Å². The van der Waals surface area contributed by atoms with Crippen molar-refractivity contribution in [3.05, 3.63) is 29.0 Å². The number of anilines is 1. The summed E-state index contributed by atoms with van der Waals surface area (Å²) >= 11 is 5.98. The number of piperazine rings is 1. The van der Waals surface area contributed by atoms with Gasteiger partial charge in [-0.05, 0) is 30.9 Å². The summed E-state index contributed by atoms with van der Waals surface area (Å²) in [6.07, 6.45) is 2.07. The SMILES string of the molecule is CCC1(CC)CN(c2cccc(Cl)c2F)C(C(C)C)CN1. The van der Waals surface area contributed by atoms with Gasteiger partial charge in [0.15, 0.2) is 5.82 Å². The zero-order chi connectivity index (χ0) is 15.6. The second-order valence-corrected chi connectivity index (χ2v) is 6.79. The molecule has 1 aliphatic heterocycles. The van der Waals surface area contributed by atoms with Crippen molar-refractivity contribution in [3.8, 4) is 0 Å². The molecule has 1 atom stereocenters. The molecule has 4 heteroatoms. The Hall–Kier alpha value is -0.800. The number of halogens is 2. The van der Waals surface area contributed by atoms with Crippen molar-refractivity contribution in [1.29, 1.82) is 0 Å².